The smallest absolute Gasteiger partial charge is 0.223 e. The second kappa shape index (κ2) is 7.61. The number of hydrogen-bond acceptors (Lipinski definition) is 6. The zero-order chi connectivity index (χ0) is 18.8. The van der Waals surface area contributed by atoms with Gasteiger partial charge in [0.1, 0.15) is 9.46 Å². The van der Waals surface area contributed by atoms with Gasteiger partial charge in [-0.05, 0) is 41.9 Å². The van der Waals surface area contributed by atoms with E-state index in [1.165, 1.54) is 17.4 Å². The van der Waals surface area contributed by atoms with Gasteiger partial charge < -0.3 is 0 Å². The van der Waals surface area contributed by atoms with Crippen LogP contribution in [0.1, 0.15) is 15.7 Å². The minimum atomic E-state index is -3.75. The number of sulfone groups is 1. The highest BCUT2D eigenvalue weighted by Gasteiger charge is 2.31. The summed E-state index contributed by atoms with van der Waals surface area (Å²) in [7, 11) is -7.49. The Kier molecular flexibility index (Phi) is 5.64. The van der Waals surface area contributed by atoms with Crippen molar-refractivity contribution in [1.29, 1.82) is 0 Å². The zero-order valence-electron chi connectivity index (χ0n) is 13.8. The van der Waals surface area contributed by atoms with Gasteiger partial charge in [0.15, 0.2) is 9.84 Å². The Balaban J connectivity index is 1.93. The van der Waals surface area contributed by atoms with Crippen molar-refractivity contribution < 1.29 is 16.8 Å². The summed E-state index contributed by atoms with van der Waals surface area (Å²) in [5.41, 5.74) is 0.954. The predicted molar refractivity (Wildman–Crippen MR) is 105 cm³/mol. The standard InChI is InChI=1S/C17H17NO4S4/c1-13-6-8-14(9-7-13)25(19,20)16(15-4-2-10-23-15)12-18-26(21,22)17-5-3-11-24-17/h2-11,16,18H,12H2,1H3/t16-/m1/s1. The van der Waals surface area contributed by atoms with Gasteiger partial charge in [0.2, 0.25) is 10.0 Å². The van der Waals surface area contributed by atoms with Crippen molar-refractivity contribution in [2.45, 2.75) is 21.3 Å². The molecule has 0 radical (unpaired) electrons. The second-order valence-corrected chi connectivity index (χ2v) is 11.7. The first-order valence-electron chi connectivity index (χ1n) is 7.68. The maximum absolute atomic E-state index is 13.1. The molecule has 0 saturated carbocycles. The van der Waals surface area contributed by atoms with E-state index in [-0.39, 0.29) is 15.6 Å². The van der Waals surface area contributed by atoms with E-state index in [9.17, 15) is 16.8 Å². The van der Waals surface area contributed by atoms with Crippen LogP contribution in [0.2, 0.25) is 0 Å². The summed E-state index contributed by atoms with van der Waals surface area (Å²) in [5.74, 6) is 0. The molecule has 0 saturated heterocycles. The van der Waals surface area contributed by atoms with Gasteiger partial charge in [-0.25, -0.2) is 21.6 Å². The van der Waals surface area contributed by atoms with Crippen LogP contribution in [0.3, 0.4) is 0 Å². The molecule has 0 fully saturated rings. The summed E-state index contributed by atoms with van der Waals surface area (Å²) in [6.07, 6.45) is 0. The van der Waals surface area contributed by atoms with E-state index in [2.05, 4.69) is 4.72 Å². The Morgan fingerprint density at radius 1 is 0.923 bits per heavy atom. The van der Waals surface area contributed by atoms with Crippen LogP contribution in [0, 0.1) is 6.92 Å². The van der Waals surface area contributed by atoms with Crippen molar-refractivity contribution in [3.63, 3.8) is 0 Å². The topological polar surface area (TPSA) is 80.3 Å². The lowest BCUT2D eigenvalue weighted by Crippen LogP contribution is -2.31. The highest BCUT2D eigenvalue weighted by molar-refractivity contribution is 7.92. The molecule has 5 nitrogen and oxygen atoms in total. The van der Waals surface area contributed by atoms with Crippen LogP contribution in [0.5, 0.6) is 0 Å². The van der Waals surface area contributed by atoms with Crippen LogP contribution in [0.4, 0.5) is 0 Å². The lowest BCUT2D eigenvalue weighted by molar-refractivity contribution is 0.571. The Hall–Kier alpha value is -1.52. The van der Waals surface area contributed by atoms with E-state index < -0.39 is 25.1 Å². The van der Waals surface area contributed by atoms with Crippen LogP contribution >= 0.6 is 22.7 Å². The third-order valence-corrected chi connectivity index (χ3v) is 9.86. The first-order valence-corrected chi connectivity index (χ1v) is 12.5. The number of sulfonamides is 1. The number of nitrogens with one attached hydrogen (secondary N) is 1. The SMILES string of the molecule is Cc1ccc(S(=O)(=O)[C@H](CNS(=O)(=O)c2cccs2)c2cccs2)cc1. The molecular weight excluding hydrogens is 410 g/mol. The van der Waals surface area contributed by atoms with Crippen LogP contribution in [-0.4, -0.2) is 23.4 Å². The van der Waals surface area contributed by atoms with Crippen molar-refractivity contribution in [2.24, 2.45) is 0 Å². The van der Waals surface area contributed by atoms with E-state index in [0.717, 1.165) is 16.9 Å². The lowest BCUT2D eigenvalue weighted by atomic mass is 10.2. The van der Waals surface area contributed by atoms with Crippen LogP contribution in [0.15, 0.2) is 68.4 Å². The fourth-order valence-corrected chi connectivity index (χ4v) is 7.38. The van der Waals surface area contributed by atoms with Gasteiger partial charge >= 0.3 is 0 Å². The Morgan fingerprint density at radius 2 is 1.58 bits per heavy atom. The molecule has 26 heavy (non-hydrogen) atoms. The third kappa shape index (κ3) is 4.07. The van der Waals surface area contributed by atoms with Gasteiger partial charge in [-0.1, -0.05) is 29.8 Å². The van der Waals surface area contributed by atoms with Gasteiger partial charge in [-0.3, -0.25) is 0 Å². The Morgan fingerprint density at radius 3 is 2.15 bits per heavy atom. The first-order chi connectivity index (χ1) is 12.3. The Bertz CT molecular complexity index is 1050. The van der Waals surface area contributed by atoms with E-state index >= 15 is 0 Å². The molecule has 0 unspecified atom stereocenters. The molecule has 3 rings (SSSR count). The van der Waals surface area contributed by atoms with Gasteiger partial charge in [0.25, 0.3) is 0 Å². The Labute approximate surface area is 161 Å². The number of hydrogen-bond donors (Lipinski definition) is 1. The lowest BCUT2D eigenvalue weighted by Gasteiger charge is -2.17. The number of thiophene rings is 2. The largest absolute Gasteiger partial charge is 0.250 e. The van der Waals surface area contributed by atoms with Crippen molar-refractivity contribution in [2.75, 3.05) is 6.54 Å². The van der Waals surface area contributed by atoms with Gasteiger partial charge in [-0.15, -0.1) is 22.7 Å². The molecule has 0 bridgehead atoms. The number of rotatable bonds is 7. The molecule has 0 amide bonds. The molecule has 9 heteroatoms. The van der Waals surface area contributed by atoms with Gasteiger partial charge in [-0.2, -0.15) is 0 Å². The molecule has 2 aromatic heterocycles. The summed E-state index contributed by atoms with van der Waals surface area (Å²) in [6, 6.07) is 13.2. The minimum Gasteiger partial charge on any atom is -0.223 e. The molecule has 1 N–H and O–H groups in total. The van der Waals surface area contributed by atoms with Crippen molar-refractivity contribution in [1.82, 2.24) is 4.72 Å². The van der Waals surface area contributed by atoms with E-state index in [1.807, 2.05) is 6.92 Å². The second-order valence-electron chi connectivity index (χ2n) is 5.65. The molecule has 0 aliphatic heterocycles. The summed E-state index contributed by atoms with van der Waals surface area (Å²) in [5, 5.41) is 2.45. The summed E-state index contributed by atoms with van der Waals surface area (Å²) >= 11 is 2.38. The van der Waals surface area contributed by atoms with Gasteiger partial charge in [0.05, 0.1) is 4.90 Å². The summed E-state index contributed by atoms with van der Waals surface area (Å²) in [6.45, 7) is 1.65. The van der Waals surface area contributed by atoms with E-state index in [4.69, 9.17) is 0 Å². The normalized spacial score (nSPS) is 13.6. The molecule has 0 spiro atoms. The zero-order valence-corrected chi connectivity index (χ0v) is 17.1. The maximum Gasteiger partial charge on any atom is 0.250 e. The molecule has 0 aliphatic carbocycles. The van der Waals surface area contributed by atoms with Crippen molar-refractivity contribution in [3.05, 3.63) is 69.7 Å². The van der Waals surface area contributed by atoms with Crippen LogP contribution < -0.4 is 4.72 Å². The highest BCUT2D eigenvalue weighted by atomic mass is 32.2. The molecule has 3 aromatic rings. The van der Waals surface area contributed by atoms with Crippen LogP contribution in [0.25, 0.3) is 0 Å². The summed E-state index contributed by atoms with van der Waals surface area (Å²) in [4.78, 5) is 0.774. The van der Waals surface area contributed by atoms with Crippen molar-refractivity contribution >= 4 is 42.5 Å². The monoisotopic (exact) mass is 427 g/mol. The van der Waals surface area contributed by atoms with Gasteiger partial charge in [0, 0.05) is 11.4 Å². The molecule has 1 aromatic carbocycles. The average Bonchev–Trinajstić information content (AvgIpc) is 3.29. The quantitative estimate of drug-likeness (QED) is 0.625. The summed E-state index contributed by atoms with van der Waals surface area (Å²) < 4.78 is 53.6. The molecule has 1 atom stereocenters. The minimum absolute atomic E-state index is 0.162. The fraction of sp³-hybridized carbons (Fsp3) is 0.176. The fourth-order valence-electron chi connectivity index (χ4n) is 2.40. The van der Waals surface area contributed by atoms with Crippen LogP contribution in [-0.2, 0) is 19.9 Å². The molecule has 2 heterocycles. The predicted octanol–water partition coefficient (Wildman–Crippen LogP) is 3.61. The molecule has 0 aliphatic rings. The average molecular weight is 428 g/mol. The van der Waals surface area contributed by atoms with Crippen molar-refractivity contribution in [3.8, 4) is 0 Å². The van der Waals surface area contributed by atoms with E-state index in [1.54, 1.807) is 53.2 Å². The first kappa shape index (κ1) is 19.2. The maximum atomic E-state index is 13.1. The molecular formula is C17H17NO4S4. The third-order valence-electron chi connectivity index (χ3n) is 3.80. The van der Waals surface area contributed by atoms with E-state index in [0.29, 0.717) is 4.88 Å². The number of aryl methyl sites for hydroxylation is 1. The molecule has 138 valence electrons. The number of benzene rings is 1. The highest BCUT2D eigenvalue weighted by Crippen LogP contribution is 2.32.